The van der Waals surface area contributed by atoms with Gasteiger partial charge in [0.05, 0.1) is 16.6 Å². The van der Waals surface area contributed by atoms with Crippen LogP contribution in [0.15, 0.2) is 36.4 Å². The van der Waals surface area contributed by atoms with Gasteiger partial charge in [-0.05, 0) is 24.6 Å². The summed E-state index contributed by atoms with van der Waals surface area (Å²) in [4.78, 5) is 27.3. The number of imide groups is 1. The van der Waals surface area contributed by atoms with Crippen LogP contribution in [0.1, 0.15) is 39.2 Å². The van der Waals surface area contributed by atoms with Gasteiger partial charge in [0, 0.05) is 43.2 Å². The van der Waals surface area contributed by atoms with Gasteiger partial charge >= 0.3 is 0 Å². The standard InChI is InChI=1S/C21H21N5O2/c1-12(26-10-8-22-9-11-26)17-14(6-7-15-18(17)21(28)23-20(15)27)19-13-4-2-3-5-16(13)24-25-19/h2-7,12,22H,8-11H2,1H3,(H,24,25)(H,23,27,28). The zero-order chi connectivity index (χ0) is 19.3. The van der Waals surface area contributed by atoms with E-state index >= 15 is 0 Å². The van der Waals surface area contributed by atoms with Crippen LogP contribution < -0.4 is 10.6 Å². The molecule has 1 aromatic heterocycles. The Morgan fingerprint density at radius 2 is 1.75 bits per heavy atom. The second-order valence-electron chi connectivity index (χ2n) is 7.31. The lowest BCUT2D eigenvalue weighted by atomic mass is 9.89. The SMILES string of the molecule is CC(c1c(-c2n[nH]c3ccccc23)ccc2c1C(=O)NC2=O)N1CCNCC1. The number of carbonyl (C=O) groups is 2. The van der Waals surface area contributed by atoms with Crippen molar-refractivity contribution in [2.75, 3.05) is 26.2 Å². The monoisotopic (exact) mass is 375 g/mol. The third-order valence-electron chi connectivity index (χ3n) is 5.79. The molecule has 1 unspecified atom stereocenters. The zero-order valence-corrected chi connectivity index (χ0v) is 15.6. The number of amides is 2. The minimum absolute atomic E-state index is 0.0147. The van der Waals surface area contributed by atoms with Crippen molar-refractivity contribution in [2.24, 2.45) is 0 Å². The first kappa shape index (κ1) is 17.1. The highest BCUT2D eigenvalue weighted by Gasteiger charge is 2.35. The van der Waals surface area contributed by atoms with Crippen molar-refractivity contribution in [3.8, 4) is 11.3 Å². The number of aromatic nitrogens is 2. The smallest absolute Gasteiger partial charge is 0.259 e. The lowest BCUT2D eigenvalue weighted by molar-refractivity contribution is 0.0878. The molecule has 3 N–H and O–H groups in total. The molecule has 0 saturated carbocycles. The molecule has 28 heavy (non-hydrogen) atoms. The fourth-order valence-corrected chi connectivity index (χ4v) is 4.35. The summed E-state index contributed by atoms with van der Waals surface area (Å²) in [6.45, 7) is 5.70. The normalized spacial score (nSPS) is 18.3. The molecular weight excluding hydrogens is 354 g/mol. The van der Waals surface area contributed by atoms with Gasteiger partial charge in [-0.1, -0.05) is 24.3 Å². The summed E-state index contributed by atoms with van der Waals surface area (Å²) in [6.07, 6.45) is 0. The van der Waals surface area contributed by atoms with Crippen molar-refractivity contribution < 1.29 is 9.59 Å². The number of hydrogen-bond donors (Lipinski definition) is 3. The fourth-order valence-electron chi connectivity index (χ4n) is 4.35. The maximum atomic E-state index is 12.7. The number of rotatable bonds is 3. The van der Waals surface area contributed by atoms with Gasteiger partial charge in [0.15, 0.2) is 0 Å². The number of fused-ring (bicyclic) bond motifs is 2. The highest BCUT2D eigenvalue weighted by Crippen LogP contribution is 2.38. The van der Waals surface area contributed by atoms with E-state index in [9.17, 15) is 9.59 Å². The van der Waals surface area contributed by atoms with Crippen molar-refractivity contribution >= 4 is 22.7 Å². The van der Waals surface area contributed by atoms with Crippen molar-refractivity contribution in [1.82, 2.24) is 25.7 Å². The molecule has 3 heterocycles. The maximum Gasteiger partial charge on any atom is 0.259 e. The number of nitrogens with one attached hydrogen (secondary N) is 3. The van der Waals surface area contributed by atoms with Crippen LogP contribution in [0, 0.1) is 0 Å². The lowest BCUT2D eigenvalue weighted by Gasteiger charge is -2.34. The second-order valence-corrected chi connectivity index (χ2v) is 7.31. The first-order valence-electron chi connectivity index (χ1n) is 9.56. The highest BCUT2D eigenvalue weighted by atomic mass is 16.2. The summed E-state index contributed by atoms with van der Waals surface area (Å²) in [5, 5.41) is 14.4. The van der Waals surface area contributed by atoms with Crippen LogP contribution in [0.3, 0.4) is 0 Å². The fraction of sp³-hybridized carbons (Fsp3) is 0.286. The number of aromatic amines is 1. The van der Waals surface area contributed by atoms with Gasteiger partial charge in [-0.25, -0.2) is 0 Å². The molecule has 1 saturated heterocycles. The van der Waals surface area contributed by atoms with Gasteiger partial charge in [-0.15, -0.1) is 0 Å². The molecule has 1 atom stereocenters. The Kier molecular flexibility index (Phi) is 3.99. The largest absolute Gasteiger partial charge is 0.314 e. The molecule has 7 heteroatoms. The van der Waals surface area contributed by atoms with Crippen LogP contribution in [0.2, 0.25) is 0 Å². The highest BCUT2D eigenvalue weighted by molar-refractivity contribution is 6.23. The van der Waals surface area contributed by atoms with Gasteiger partial charge in [-0.3, -0.25) is 24.9 Å². The molecule has 0 radical (unpaired) electrons. The van der Waals surface area contributed by atoms with E-state index in [4.69, 9.17) is 0 Å². The van der Waals surface area contributed by atoms with Crippen molar-refractivity contribution in [2.45, 2.75) is 13.0 Å². The Labute approximate surface area is 162 Å². The van der Waals surface area contributed by atoms with Gasteiger partial charge in [0.25, 0.3) is 11.8 Å². The molecule has 5 rings (SSSR count). The van der Waals surface area contributed by atoms with E-state index in [1.165, 1.54) is 0 Å². The van der Waals surface area contributed by atoms with Crippen molar-refractivity contribution in [1.29, 1.82) is 0 Å². The average Bonchev–Trinajstić information content (AvgIpc) is 3.28. The number of hydrogen-bond acceptors (Lipinski definition) is 5. The quantitative estimate of drug-likeness (QED) is 0.610. The summed E-state index contributed by atoms with van der Waals surface area (Å²) < 4.78 is 0. The number of piperazine rings is 1. The van der Waals surface area contributed by atoms with Crippen LogP contribution in [-0.2, 0) is 0 Å². The summed E-state index contributed by atoms with van der Waals surface area (Å²) in [7, 11) is 0. The molecule has 7 nitrogen and oxygen atoms in total. The summed E-state index contributed by atoms with van der Waals surface area (Å²) in [6, 6.07) is 11.6. The van der Waals surface area contributed by atoms with E-state index in [2.05, 4.69) is 32.7 Å². The van der Waals surface area contributed by atoms with E-state index < -0.39 is 0 Å². The number of carbonyl (C=O) groups excluding carboxylic acids is 2. The van der Waals surface area contributed by atoms with Crippen LogP contribution >= 0.6 is 0 Å². The van der Waals surface area contributed by atoms with Crippen molar-refractivity contribution in [3.05, 3.63) is 53.1 Å². The molecule has 2 amide bonds. The molecule has 2 aliphatic heterocycles. The van der Waals surface area contributed by atoms with E-state index in [0.717, 1.165) is 53.9 Å². The van der Waals surface area contributed by atoms with E-state index in [0.29, 0.717) is 11.1 Å². The Bertz CT molecular complexity index is 1100. The van der Waals surface area contributed by atoms with E-state index in [1.807, 2.05) is 30.3 Å². The summed E-state index contributed by atoms with van der Waals surface area (Å²) in [5.41, 5.74) is 4.46. The first-order chi connectivity index (χ1) is 13.6. The Balaban J connectivity index is 1.74. The molecule has 0 aliphatic carbocycles. The average molecular weight is 375 g/mol. The van der Waals surface area contributed by atoms with Gasteiger partial charge in [0.2, 0.25) is 0 Å². The molecule has 2 aromatic carbocycles. The molecule has 2 aliphatic rings. The topological polar surface area (TPSA) is 90.1 Å². The minimum Gasteiger partial charge on any atom is -0.314 e. The summed E-state index contributed by atoms with van der Waals surface area (Å²) >= 11 is 0. The number of H-pyrrole nitrogens is 1. The molecule has 0 bridgehead atoms. The Hall–Kier alpha value is -3.03. The predicted molar refractivity (Wildman–Crippen MR) is 106 cm³/mol. The van der Waals surface area contributed by atoms with Gasteiger partial charge in [-0.2, -0.15) is 5.10 Å². The molecule has 1 fully saturated rings. The number of para-hydroxylation sites is 1. The van der Waals surface area contributed by atoms with E-state index in [-0.39, 0.29) is 17.9 Å². The van der Waals surface area contributed by atoms with Crippen molar-refractivity contribution in [3.63, 3.8) is 0 Å². The number of benzene rings is 2. The predicted octanol–water partition coefficient (Wildman–Crippen LogP) is 2.08. The van der Waals surface area contributed by atoms with E-state index in [1.54, 1.807) is 6.07 Å². The Morgan fingerprint density at radius 3 is 2.57 bits per heavy atom. The lowest BCUT2D eigenvalue weighted by Crippen LogP contribution is -2.44. The third kappa shape index (κ3) is 2.55. The van der Waals surface area contributed by atoms with Gasteiger partial charge in [0.1, 0.15) is 5.69 Å². The third-order valence-corrected chi connectivity index (χ3v) is 5.79. The molecular formula is C21H21N5O2. The van der Waals surface area contributed by atoms with Crippen LogP contribution in [0.25, 0.3) is 22.2 Å². The molecule has 142 valence electrons. The van der Waals surface area contributed by atoms with Crippen LogP contribution in [0.5, 0.6) is 0 Å². The first-order valence-corrected chi connectivity index (χ1v) is 9.56. The Morgan fingerprint density at radius 1 is 1.00 bits per heavy atom. The van der Waals surface area contributed by atoms with Crippen LogP contribution in [0.4, 0.5) is 0 Å². The maximum absolute atomic E-state index is 12.7. The minimum atomic E-state index is -0.327. The molecule has 3 aromatic rings. The second kappa shape index (κ2) is 6.54. The van der Waals surface area contributed by atoms with Crippen LogP contribution in [-0.4, -0.2) is 53.1 Å². The zero-order valence-electron chi connectivity index (χ0n) is 15.6. The summed E-state index contributed by atoms with van der Waals surface area (Å²) in [5.74, 6) is -0.647. The van der Waals surface area contributed by atoms with Gasteiger partial charge < -0.3 is 5.32 Å². The molecule has 0 spiro atoms. The number of nitrogens with zero attached hydrogens (tertiary/aromatic N) is 2.